The highest BCUT2D eigenvalue weighted by molar-refractivity contribution is 5.33. The molecule has 0 spiro atoms. The van der Waals surface area contributed by atoms with Crippen LogP contribution in [0, 0.1) is 0 Å². The van der Waals surface area contributed by atoms with Crippen LogP contribution in [-0.4, -0.2) is 29.9 Å². The Balaban J connectivity index is 2.37. The zero-order valence-electron chi connectivity index (χ0n) is 14.1. The maximum Gasteiger partial charge on any atom is 0.122 e. The predicted molar refractivity (Wildman–Crippen MR) is 88.9 cm³/mol. The molecule has 1 rings (SSSR count). The van der Waals surface area contributed by atoms with E-state index < -0.39 is 5.60 Å². The molecule has 0 amide bonds. The van der Waals surface area contributed by atoms with E-state index >= 15 is 0 Å². The Bertz CT molecular complexity index is 412. The lowest BCUT2D eigenvalue weighted by molar-refractivity contribution is 0.0674. The van der Waals surface area contributed by atoms with Crippen LogP contribution in [0.15, 0.2) is 24.3 Å². The van der Waals surface area contributed by atoms with Crippen molar-refractivity contribution in [3.05, 3.63) is 29.8 Å². The zero-order chi connectivity index (χ0) is 15.9. The average Bonchev–Trinajstić information content (AvgIpc) is 2.37. The van der Waals surface area contributed by atoms with Crippen molar-refractivity contribution < 1.29 is 9.84 Å². The third kappa shape index (κ3) is 7.49. The lowest BCUT2D eigenvalue weighted by atomic mass is 9.99. The van der Waals surface area contributed by atoms with Gasteiger partial charge in [-0.1, -0.05) is 18.2 Å². The molecule has 3 heteroatoms. The molecular weight excluding hydrogens is 262 g/mol. The van der Waals surface area contributed by atoms with E-state index in [0.29, 0.717) is 12.1 Å². The van der Waals surface area contributed by atoms with Gasteiger partial charge in [-0.3, -0.25) is 0 Å². The first-order valence-electron chi connectivity index (χ1n) is 7.92. The summed E-state index contributed by atoms with van der Waals surface area (Å²) in [6.45, 7) is 8.16. The number of benzene rings is 1. The van der Waals surface area contributed by atoms with Gasteiger partial charge < -0.3 is 15.2 Å². The normalized spacial score (nSPS) is 14.8. The van der Waals surface area contributed by atoms with Gasteiger partial charge in [0.05, 0.1) is 12.7 Å². The molecule has 0 fully saturated rings. The van der Waals surface area contributed by atoms with Crippen molar-refractivity contribution in [1.29, 1.82) is 0 Å². The van der Waals surface area contributed by atoms with E-state index in [4.69, 9.17) is 4.74 Å². The summed E-state index contributed by atoms with van der Waals surface area (Å²) in [7, 11) is 1.72. The summed E-state index contributed by atoms with van der Waals surface area (Å²) in [5.41, 5.74) is 0.687. The Morgan fingerprint density at radius 1 is 1.19 bits per heavy atom. The number of hydrogen-bond donors (Lipinski definition) is 2. The van der Waals surface area contributed by atoms with E-state index in [2.05, 4.69) is 31.3 Å². The van der Waals surface area contributed by atoms with Gasteiger partial charge in [0, 0.05) is 12.1 Å². The molecule has 120 valence electrons. The van der Waals surface area contributed by atoms with E-state index in [0.717, 1.165) is 31.4 Å². The Hall–Kier alpha value is -1.06. The van der Waals surface area contributed by atoms with Crippen LogP contribution in [0.1, 0.15) is 52.5 Å². The maximum atomic E-state index is 9.73. The van der Waals surface area contributed by atoms with Gasteiger partial charge in [0.1, 0.15) is 5.75 Å². The number of para-hydroxylation sites is 1. The molecule has 0 aromatic heterocycles. The molecule has 0 aliphatic heterocycles. The molecule has 0 aliphatic carbocycles. The molecule has 0 bridgehead atoms. The number of nitrogens with one attached hydrogen (secondary N) is 1. The minimum atomic E-state index is -0.553. The summed E-state index contributed by atoms with van der Waals surface area (Å²) in [5, 5.41) is 13.4. The van der Waals surface area contributed by atoms with Crippen molar-refractivity contribution in [3.63, 3.8) is 0 Å². The van der Waals surface area contributed by atoms with Crippen molar-refractivity contribution in [2.24, 2.45) is 0 Å². The lowest BCUT2D eigenvalue weighted by Crippen LogP contribution is -2.36. The highest BCUT2D eigenvalue weighted by atomic mass is 16.5. The van der Waals surface area contributed by atoms with Gasteiger partial charge >= 0.3 is 0 Å². The fraction of sp³-hybridized carbons (Fsp3) is 0.667. The maximum absolute atomic E-state index is 9.73. The second-order valence-corrected chi connectivity index (χ2v) is 6.69. The summed E-state index contributed by atoms with van der Waals surface area (Å²) < 4.78 is 5.40. The van der Waals surface area contributed by atoms with E-state index in [1.807, 2.05) is 26.0 Å². The van der Waals surface area contributed by atoms with Crippen LogP contribution in [0.25, 0.3) is 0 Å². The van der Waals surface area contributed by atoms with E-state index in [1.54, 1.807) is 7.11 Å². The molecule has 0 unspecified atom stereocenters. The number of methoxy groups -OCH3 is 1. The van der Waals surface area contributed by atoms with Gasteiger partial charge in [-0.05, 0) is 65.0 Å². The van der Waals surface area contributed by atoms with Gasteiger partial charge in [0.25, 0.3) is 0 Å². The van der Waals surface area contributed by atoms with Gasteiger partial charge in [-0.15, -0.1) is 0 Å². The third-order valence-corrected chi connectivity index (χ3v) is 3.71. The van der Waals surface area contributed by atoms with Crippen molar-refractivity contribution in [3.8, 4) is 5.75 Å². The molecule has 1 aromatic rings. The van der Waals surface area contributed by atoms with E-state index in [9.17, 15) is 5.11 Å². The minimum Gasteiger partial charge on any atom is -0.496 e. The largest absolute Gasteiger partial charge is 0.496 e. The molecule has 2 N–H and O–H groups in total. The van der Waals surface area contributed by atoms with Crippen molar-refractivity contribution in [1.82, 2.24) is 5.32 Å². The Morgan fingerprint density at radius 3 is 2.48 bits per heavy atom. The topological polar surface area (TPSA) is 41.5 Å². The molecule has 0 saturated carbocycles. The van der Waals surface area contributed by atoms with Crippen molar-refractivity contribution in [2.75, 3.05) is 7.11 Å². The predicted octanol–water partition coefficient (Wildman–Crippen LogP) is 3.55. The molecular formula is C18H31NO2. The Kier molecular flexibility index (Phi) is 7.20. The first kappa shape index (κ1) is 18.0. The average molecular weight is 293 g/mol. The summed E-state index contributed by atoms with van der Waals surface area (Å²) in [6.07, 6.45) is 3.93. The van der Waals surface area contributed by atoms with Crippen molar-refractivity contribution >= 4 is 0 Å². The van der Waals surface area contributed by atoms with Crippen LogP contribution < -0.4 is 10.1 Å². The first-order chi connectivity index (χ1) is 9.81. The zero-order valence-corrected chi connectivity index (χ0v) is 14.1. The van der Waals surface area contributed by atoms with Crippen LogP contribution in [0.4, 0.5) is 0 Å². The van der Waals surface area contributed by atoms with Crippen molar-refractivity contribution in [2.45, 2.75) is 71.1 Å². The van der Waals surface area contributed by atoms with Crippen LogP contribution in [0.3, 0.4) is 0 Å². The van der Waals surface area contributed by atoms with Crippen LogP contribution >= 0.6 is 0 Å². The molecule has 0 saturated heterocycles. The third-order valence-electron chi connectivity index (χ3n) is 3.71. The van der Waals surface area contributed by atoms with E-state index in [1.165, 1.54) is 5.56 Å². The fourth-order valence-corrected chi connectivity index (χ4v) is 2.67. The molecule has 21 heavy (non-hydrogen) atoms. The van der Waals surface area contributed by atoms with Crippen LogP contribution in [0.2, 0.25) is 0 Å². The van der Waals surface area contributed by atoms with Gasteiger partial charge in [-0.2, -0.15) is 0 Å². The Morgan fingerprint density at radius 2 is 1.86 bits per heavy atom. The highest BCUT2D eigenvalue weighted by Gasteiger charge is 2.14. The smallest absolute Gasteiger partial charge is 0.122 e. The number of hydrogen-bond acceptors (Lipinski definition) is 3. The lowest BCUT2D eigenvalue weighted by Gasteiger charge is -2.22. The summed E-state index contributed by atoms with van der Waals surface area (Å²) in [6, 6.07) is 9.04. The summed E-state index contributed by atoms with van der Waals surface area (Å²) >= 11 is 0. The van der Waals surface area contributed by atoms with Gasteiger partial charge in [-0.25, -0.2) is 0 Å². The quantitative estimate of drug-likeness (QED) is 0.731. The number of ether oxygens (including phenoxy) is 1. The molecule has 3 nitrogen and oxygen atoms in total. The van der Waals surface area contributed by atoms with Gasteiger partial charge in [0.15, 0.2) is 0 Å². The summed E-state index contributed by atoms with van der Waals surface area (Å²) in [5.74, 6) is 0.959. The second kappa shape index (κ2) is 8.40. The van der Waals surface area contributed by atoms with Crippen LogP contribution in [0.5, 0.6) is 5.75 Å². The monoisotopic (exact) mass is 293 g/mol. The SMILES string of the molecule is COc1ccccc1C[C@@H](C)N[C@@H](C)CCCC(C)(C)O. The first-order valence-corrected chi connectivity index (χ1v) is 7.92. The fourth-order valence-electron chi connectivity index (χ4n) is 2.67. The van der Waals surface area contributed by atoms with E-state index in [-0.39, 0.29) is 0 Å². The standard InChI is InChI=1S/C18H31NO2/c1-14(9-8-12-18(3,4)20)19-15(2)13-16-10-6-7-11-17(16)21-5/h6-7,10-11,14-15,19-20H,8-9,12-13H2,1-5H3/t14-,15+/m0/s1. The summed E-state index contributed by atoms with van der Waals surface area (Å²) in [4.78, 5) is 0. The number of rotatable bonds is 9. The molecule has 0 heterocycles. The second-order valence-electron chi connectivity index (χ2n) is 6.69. The number of aliphatic hydroxyl groups is 1. The highest BCUT2D eigenvalue weighted by Crippen LogP contribution is 2.19. The molecule has 2 atom stereocenters. The molecule has 0 aliphatic rings. The Labute approximate surface area is 129 Å². The van der Waals surface area contributed by atoms with Crippen LogP contribution in [-0.2, 0) is 6.42 Å². The van der Waals surface area contributed by atoms with Gasteiger partial charge in [0.2, 0.25) is 0 Å². The molecule has 1 aromatic carbocycles. The minimum absolute atomic E-state index is 0.401. The molecule has 0 radical (unpaired) electrons.